The van der Waals surface area contributed by atoms with Gasteiger partial charge in [-0.15, -0.1) is 0 Å². The van der Waals surface area contributed by atoms with Crippen LogP contribution in [0.4, 0.5) is 0 Å². The molecule has 0 fully saturated rings. The number of rotatable bonds is 5. The Labute approximate surface area is 117 Å². The summed E-state index contributed by atoms with van der Waals surface area (Å²) in [6, 6.07) is 1.25. The van der Waals surface area contributed by atoms with Gasteiger partial charge in [0.2, 0.25) is 0 Å². The van der Waals surface area contributed by atoms with Crippen molar-refractivity contribution in [2.45, 2.75) is 18.4 Å². The van der Waals surface area contributed by atoms with E-state index in [0.29, 0.717) is 0 Å². The van der Waals surface area contributed by atoms with E-state index in [1.54, 1.807) is 0 Å². The number of carboxylic acids is 3. The van der Waals surface area contributed by atoms with E-state index in [0.717, 1.165) is 0 Å². The summed E-state index contributed by atoms with van der Waals surface area (Å²) in [5.41, 5.74) is -2.74. The van der Waals surface area contributed by atoms with E-state index in [-0.39, 0.29) is 29.6 Å². The standard InChI is InChI=1S/C6H8O7.CH2N2.Na.H/c7-3(8)1-6(13,5(11)12)2-4(9)10;2-1-3;;/h13H,1-2H2,(H,7,8)(H,9,10)(H,11,12);2-3H;;. The van der Waals surface area contributed by atoms with Gasteiger partial charge in [-0.2, -0.15) is 0 Å². The fourth-order valence-corrected chi connectivity index (χ4v) is 0.714. The van der Waals surface area contributed by atoms with Crippen molar-refractivity contribution < 1.29 is 34.8 Å². The quantitative estimate of drug-likeness (QED) is 0.254. The van der Waals surface area contributed by atoms with Crippen molar-refractivity contribution in [2.24, 2.45) is 0 Å². The minimum atomic E-state index is -2.74. The Bertz CT molecular complexity index is 308. The van der Waals surface area contributed by atoms with E-state index in [2.05, 4.69) is 0 Å². The average Bonchev–Trinajstić information content (AvgIpc) is 2.01. The summed E-state index contributed by atoms with van der Waals surface area (Å²) < 4.78 is 0. The molecule has 0 unspecified atom stereocenters. The van der Waals surface area contributed by atoms with Crippen LogP contribution in [0.3, 0.4) is 0 Å². The first-order valence-electron chi connectivity index (χ1n) is 3.67. The molecule has 0 aromatic rings. The van der Waals surface area contributed by atoms with Gasteiger partial charge in [0.25, 0.3) is 0 Å². The van der Waals surface area contributed by atoms with Crippen molar-refractivity contribution in [3.05, 3.63) is 0 Å². The maximum atomic E-state index is 10.3. The first-order chi connectivity index (χ1) is 7.19. The van der Waals surface area contributed by atoms with Gasteiger partial charge in [-0.1, -0.05) is 0 Å². The summed E-state index contributed by atoms with van der Waals surface area (Å²) in [4.78, 5) is 30.5. The second kappa shape index (κ2) is 9.94. The summed E-state index contributed by atoms with van der Waals surface area (Å²) in [7, 11) is 0. The topological polar surface area (TPSA) is 180 Å². The van der Waals surface area contributed by atoms with Crippen molar-refractivity contribution in [1.29, 1.82) is 10.8 Å². The number of aliphatic carboxylic acids is 3. The number of nitrogens with one attached hydrogen (secondary N) is 2. The van der Waals surface area contributed by atoms with Gasteiger partial charge in [0, 0.05) is 0 Å². The third kappa shape index (κ3) is 11.0. The molecule has 17 heavy (non-hydrogen) atoms. The van der Waals surface area contributed by atoms with Crippen LogP contribution in [0.1, 0.15) is 12.8 Å². The average molecular weight is 258 g/mol. The van der Waals surface area contributed by atoms with Gasteiger partial charge in [-0.3, -0.25) is 9.59 Å². The summed E-state index contributed by atoms with van der Waals surface area (Å²) in [6.07, 6.45) is -2.29. The van der Waals surface area contributed by atoms with Crippen molar-refractivity contribution in [3.63, 3.8) is 0 Å². The fourth-order valence-electron chi connectivity index (χ4n) is 0.714. The van der Waals surface area contributed by atoms with Crippen LogP contribution in [0, 0.1) is 10.8 Å². The minimum absolute atomic E-state index is 0. The zero-order valence-electron chi connectivity index (χ0n) is 7.93. The number of carbonyl (C=O) groups is 3. The molecular formula is C7H11N2NaO7. The summed E-state index contributed by atoms with van der Waals surface area (Å²) in [6.45, 7) is 0. The predicted molar refractivity (Wildman–Crippen MR) is 54.7 cm³/mol. The van der Waals surface area contributed by atoms with Crippen molar-refractivity contribution >= 4 is 53.5 Å². The molecule has 0 aromatic heterocycles. The molecule has 0 aliphatic carbocycles. The molecule has 0 heterocycles. The molecule has 92 valence electrons. The molecule has 0 radical (unpaired) electrons. The van der Waals surface area contributed by atoms with Gasteiger partial charge in [0.05, 0.1) is 18.9 Å². The first-order valence-corrected chi connectivity index (χ1v) is 3.67. The predicted octanol–water partition coefficient (Wildman–Crippen LogP) is -1.58. The Balaban J connectivity index is -0.000000440. The molecule has 0 saturated heterocycles. The van der Waals surface area contributed by atoms with E-state index in [1.807, 2.05) is 0 Å². The van der Waals surface area contributed by atoms with Crippen LogP contribution in [0.15, 0.2) is 0 Å². The molecule has 0 aliphatic rings. The second-order valence-corrected chi connectivity index (χ2v) is 2.60. The normalized spacial score (nSPS) is 8.76. The number of carboxylic acid groups (broad SMARTS) is 3. The Kier molecular flexibility index (Phi) is 12.3. The van der Waals surface area contributed by atoms with Crippen LogP contribution < -0.4 is 0 Å². The SMILES string of the molecule is N=C=N.O=C(O)CC(O)(CC(=O)O)C(=O)O.[NaH]. The Morgan fingerprint density at radius 3 is 1.35 bits per heavy atom. The van der Waals surface area contributed by atoms with Crippen LogP contribution in [0.25, 0.3) is 0 Å². The molecule has 0 rings (SSSR count). The fraction of sp³-hybridized carbons (Fsp3) is 0.429. The number of aliphatic hydroxyl groups is 1. The molecule has 0 bridgehead atoms. The Morgan fingerprint density at radius 2 is 1.24 bits per heavy atom. The van der Waals surface area contributed by atoms with E-state index >= 15 is 0 Å². The van der Waals surface area contributed by atoms with Gasteiger partial charge in [-0.05, 0) is 0 Å². The third-order valence-electron chi connectivity index (χ3n) is 1.29. The zero-order chi connectivity index (χ0) is 13.4. The van der Waals surface area contributed by atoms with Crippen molar-refractivity contribution in [2.75, 3.05) is 0 Å². The van der Waals surface area contributed by atoms with Gasteiger partial charge in [-0.25, -0.2) is 15.6 Å². The molecule has 0 amide bonds. The van der Waals surface area contributed by atoms with Crippen LogP contribution >= 0.6 is 0 Å². The molecular weight excluding hydrogens is 247 g/mol. The molecule has 6 N–H and O–H groups in total. The van der Waals surface area contributed by atoms with Crippen LogP contribution in [-0.4, -0.2) is 79.5 Å². The summed E-state index contributed by atoms with van der Waals surface area (Å²) in [5, 5.41) is 45.1. The van der Waals surface area contributed by atoms with Crippen molar-refractivity contribution in [3.8, 4) is 0 Å². The Hall–Kier alpha value is -1.25. The van der Waals surface area contributed by atoms with Crippen LogP contribution in [0.5, 0.6) is 0 Å². The number of hydrogen-bond donors (Lipinski definition) is 6. The van der Waals surface area contributed by atoms with E-state index in [4.69, 9.17) is 31.2 Å². The molecule has 0 atom stereocenters. The first kappa shape index (κ1) is 21.1. The third-order valence-corrected chi connectivity index (χ3v) is 1.29. The molecule has 0 spiro atoms. The maximum absolute atomic E-state index is 10.3. The van der Waals surface area contributed by atoms with Gasteiger partial charge >= 0.3 is 47.5 Å². The molecule has 9 nitrogen and oxygen atoms in total. The van der Waals surface area contributed by atoms with E-state index < -0.39 is 36.4 Å². The monoisotopic (exact) mass is 258 g/mol. The van der Waals surface area contributed by atoms with Gasteiger partial charge in [0.1, 0.15) is 0 Å². The van der Waals surface area contributed by atoms with Crippen molar-refractivity contribution in [1.82, 2.24) is 0 Å². The van der Waals surface area contributed by atoms with Crippen LogP contribution in [0.2, 0.25) is 0 Å². The summed E-state index contributed by atoms with van der Waals surface area (Å²) in [5.74, 6) is -5.02. The molecule has 0 aliphatic heterocycles. The second-order valence-electron chi connectivity index (χ2n) is 2.60. The molecule has 0 aromatic carbocycles. The van der Waals surface area contributed by atoms with Crippen LogP contribution in [-0.2, 0) is 14.4 Å². The molecule has 10 heteroatoms. The Morgan fingerprint density at radius 1 is 1.00 bits per heavy atom. The number of hydrogen-bond acceptors (Lipinski definition) is 6. The van der Waals surface area contributed by atoms with E-state index in [1.165, 1.54) is 6.01 Å². The summed E-state index contributed by atoms with van der Waals surface area (Å²) >= 11 is 0. The van der Waals surface area contributed by atoms with Gasteiger partial charge < -0.3 is 20.4 Å². The van der Waals surface area contributed by atoms with E-state index in [9.17, 15) is 14.4 Å². The van der Waals surface area contributed by atoms with Gasteiger partial charge in [0.15, 0.2) is 5.60 Å². The molecule has 0 saturated carbocycles. The zero-order valence-corrected chi connectivity index (χ0v) is 7.93.